The number of hydrogen-bond acceptors (Lipinski definition) is 4. The molecule has 0 saturated heterocycles. The van der Waals surface area contributed by atoms with Crippen molar-refractivity contribution in [1.29, 1.82) is 0 Å². The van der Waals surface area contributed by atoms with E-state index in [2.05, 4.69) is 26.6 Å². The third-order valence-corrected chi connectivity index (χ3v) is 2.81. The van der Waals surface area contributed by atoms with Crippen LogP contribution in [0.15, 0.2) is 16.6 Å². The number of ether oxygens (including phenoxy) is 1. The first kappa shape index (κ1) is 16.6. The molecule has 0 aliphatic rings. The van der Waals surface area contributed by atoms with Gasteiger partial charge in [-0.15, -0.1) is 0 Å². The van der Waals surface area contributed by atoms with Gasteiger partial charge in [0.25, 0.3) is 0 Å². The number of rotatable bonds is 4. The van der Waals surface area contributed by atoms with Gasteiger partial charge in [-0.05, 0) is 42.8 Å². The zero-order valence-electron chi connectivity index (χ0n) is 11.7. The molecule has 0 fully saturated rings. The first-order valence-electron chi connectivity index (χ1n) is 6.14. The Morgan fingerprint density at radius 1 is 1.40 bits per heavy atom. The molecule has 1 aromatic rings. The number of benzene rings is 1. The molecule has 4 N–H and O–H groups in total. The van der Waals surface area contributed by atoms with Gasteiger partial charge in [-0.3, -0.25) is 0 Å². The lowest BCUT2D eigenvalue weighted by molar-refractivity contribution is 0.0530. The summed E-state index contributed by atoms with van der Waals surface area (Å²) in [6.45, 7) is 6.11. The number of amides is 1. The van der Waals surface area contributed by atoms with E-state index >= 15 is 0 Å². The zero-order valence-corrected chi connectivity index (χ0v) is 13.3. The second-order valence-corrected chi connectivity index (χ2v) is 6.06. The molecule has 0 aliphatic heterocycles. The second kappa shape index (κ2) is 6.78. The highest BCUT2D eigenvalue weighted by molar-refractivity contribution is 9.10. The summed E-state index contributed by atoms with van der Waals surface area (Å²) in [6, 6.07) is 2.78. The summed E-state index contributed by atoms with van der Waals surface area (Å²) in [5.74, 6) is -0.401. The minimum atomic E-state index is -0.531. The monoisotopic (exact) mass is 347 g/mol. The van der Waals surface area contributed by atoms with Crippen molar-refractivity contribution in [3.05, 3.63) is 22.4 Å². The van der Waals surface area contributed by atoms with Crippen molar-refractivity contribution in [3.63, 3.8) is 0 Å². The zero-order chi connectivity index (χ0) is 15.3. The first-order valence-corrected chi connectivity index (χ1v) is 6.93. The minimum Gasteiger partial charge on any atom is -0.444 e. The lowest BCUT2D eigenvalue weighted by atomic mass is 10.2. The predicted octanol–water partition coefficient (Wildman–Crippen LogP) is 3.11. The third-order valence-electron chi connectivity index (χ3n) is 2.20. The van der Waals surface area contributed by atoms with Gasteiger partial charge < -0.3 is 21.1 Å². The van der Waals surface area contributed by atoms with Crippen LogP contribution < -0.4 is 16.4 Å². The normalized spacial score (nSPS) is 11.1. The first-order chi connectivity index (χ1) is 9.19. The number of carbonyl (C=O) groups excluding carboxylic acids is 1. The average Bonchev–Trinajstić information content (AvgIpc) is 2.28. The van der Waals surface area contributed by atoms with Crippen molar-refractivity contribution >= 4 is 33.4 Å². The Bertz CT molecular complexity index is 489. The van der Waals surface area contributed by atoms with Gasteiger partial charge in [-0.2, -0.15) is 0 Å². The summed E-state index contributed by atoms with van der Waals surface area (Å²) in [4.78, 5) is 11.4. The SMILES string of the molecule is CC(C)(C)OC(=O)NCCNc1cc(F)c(Br)cc1N. The molecule has 0 spiro atoms. The van der Waals surface area contributed by atoms with Gasteiger partial charge in [0.05, 0.1) is 15.8 Å². The number of anilines is 2. The largest absolute Gasteiger partial charge is 0.444 e. The molecule has 5 nitrogen and oxygen atoms in total. The van der Waals surface area contributed by atoms with Crippen LogP contribution in [0, 0.1) is 5.82 Å². The molecule has 1 amide bonds. The number of hydrogen-bond donors (Lipinski definition) is 3. The maximum Gasteiger partial charge on any atom is 0.407 e. The van der Waals surface area contributed by atoms with Crippen LogP contribution in [0.5, 0.6) is 0 Å². The molecule has 0 unspecified atom stereocenters. The van der Waals surface area contributed by atoms with Gasteiger partial charge in [-0.25, -0.2) is 9.18 Å². The molecule has 0 aliphatic carbocycles. The van der Waals surface area contributed by atoms with Crippen molar-refractivity contribution < 1.29 is 13.9 Å². The van der Waals surface area contributed by atoms with Crippen molar-refractivity contribution in [2.45, 2.75) is 26.4 Å². The molecule has 112 valence electrons. The van der Waals surface area contributed by atoms with Crippen LogP contribution in [0.1, 0.15) is 20.8 Å². The molecule has 0 saturated carbocycles. The summed E-state index contributed by atoms with van der Waals surface area (Å²) in [5, 5.41) is 5.53. The molecule has 1 rings (SSSR count). The molecule has 1 aromatic carbocycles. The second-order valence-electron chi connectivity index (χ2n) is 5.21. The Labute approximate surface area is 126 Å². The molecule has 0 atom stereocenters. The number of nitrogens with one attached hydrogen (secondary N) is 2. The van der Waals surface area contributed by atoms with Crippen LogP contribution in [0.3, 0.4) is 0 Å². The van der Waals surface area contributed by atoms with Gasteiger partial charge in [0.2, 0.25) is 0 Å². The van der Waals surface area contributed by atoms with E-state index in [4.69, 9.17) is 10.5 Å². The van der Waals surface area contributed by atoms with E-state index in [1.807, 2.05) is 0 Å². The quantitative estimate of drug-likeness (QED) is 0.577. The van der Waals surface area contributed by atoms with E-state index in [-0.39, 0.29) is 0 Å². The smallest absolute Gasteiger partial charge is 0.407 e. The van der Waals surface area contributed by atoms with Gasteiger partial charge >= 0.3 is 6.09 Å². The van der Waals surface area contributed by atoms with Crippen molar-refractivity contribution in [2.24, 2.45) is 0 Å². The van der Waals surface area contributed by atoms with E-state index in [0.717, 1.165) is 0 Å². The number of alkyl carbamates (subject to hydrolysis) is 1. The molecule has 0 radical (unpaired) electrons. The minimum absolute atomic E-state index is 0.312. The highest BCUT2D eigenvalue weighted by Crippen LogP contribution is 2.26. The van der Waals surface area contributed by atoms with E-state index in [9.17, 15) is 9.18 Å². The number of carbonyl (C=O) groups is 1. The Hall–Kier alpha value is -1.50. The maximum absolute atomic E-state index is 13.4. The standard InChI is InChI=1S/C13H19BrFN3O2/c1-13(2,3)20-12(19)18-5-4-17-11-7-9(15)8(14)6-10(11)16/h6-7,17H,4-5,16H2,1-3H3,(H,18,19). The number of nitrogens with two attached hydrogens (primary N) is 1. The molecule has 0 aromatic heterocycles. The number of halogens is 2. The van der Waals surface area contributed by atoms with E-state index in [1.54, 1.807) is 20.8 Å². The van der Waals surface area contributed by atoms with Crippen molar-refractivity contribution in [3.8, 4) is 0 Å². The Morgan fingerprint density at radius 3 is 2.65 bits per heavy atom. The average molecular weight is 348 g/mol. The lowest BCUT2D eigenvalue weighted by Crippen LogP contribution is -2.35. The van der Waals surface area contributed by atoms with Crippen LogP contribution in [0.25, 0.3) is 0 Å². The fourth-order valence-electron chi connectivity index (χ4n) is 1.39. The Kier molecular flexibility index (Phi) is 5.62. The maximum atomic E-state index is 13.4. The fraction of sp³-hybridized carbons (Fsp3) is 0.462. The van der Waals surface area contributed by atoms with Crippen molar-refractivity contribution in [2.75, 3.05) is 24.1 Å². The highest BCUT2D eigenvalue weighted by Gasteiger charge is 2.15. The lowest BCUT2D eigenvalue weighted by Gasteiger charge is -2.19. The van der Waals surface area contributed by atoms with Crippen LogP contribution >= 0.6 is 15.9 Å². The highest BCUT2D eigenvalue weighted by atomic mass is 79.9. The predicted molar refractivity (Wildman–Crippen MR) is 81.2 cm³/mol. The fourth-order valence-corrected chi connectivity index (χ4v) is 1.75. The molecular weight excluding hydrogens is 329 g/mol. The summed E-state index contributed by atoms with van der Waals surface area (Å²) in [7, 11) is 0. The molecule has 7 heteroatoms. The summed E-state index contributed by atoms with van der Waals surface area (Å²) in [6.07, 6.45) is -0.491. The summed E-state index contributed by atoms with van der Waals surface area (Å²) >= 11 is 3.05. The van der Waals surface area contributed by atoms with Crippen LogP contribution in [0.2, 0.25) is 0 Å². The van der Waals surface area contributed by atoms with E-state index in [0.29, 0.717) is 28.9 Å². The summed E-state index contributed by atoms with van der Waals surface area (Å²) in [5.41, 5.74) is 6.12. The molecular formula is C13H19BrFN3O2. The van der Waals surface area contributed by atoms with Gasteiger partial charge in [0.15, 0.2) is 0 Å². The van der Waals surface area contributed by atoms with Crippen LogP contribution in [-0.2, 0) is 4.74 Å². The van der Waals surface area contributed by atoms with Crippen LogP contribution in [0.4, 0.5) is 20.6 Å². The Morgan fingerprint density at radius 2 is 2.05 bits per heavy atom. The Balaban J connectivity index is 2.38. The van der Waals surface area contributed by atoms with Crippen LogP contribution in [-0.4, -0.2) is 24.8 Å². The van der Waals surface area contributed by atoms with E-state index < -0.39 is 17.5 Å². The molecule has 20 heavy (non-hydrogen) atoms. The molecule has 0 bridgehead atoms. The third kappa shape index (κ3) is 5.64. The van der Waals surface area contributed by atoms with Gasteiger partial charge in [-0.1, -0.05) is 0 Å². The van der Waals surface area contributed by atoms with Gasteiger partial charge in [0, 0.05) is 19.2 Å². The number of nitrogen functional groups attached to an aromatic ring is 1. The summed E-state index contributed by atoms with van der Waals surface area (Å²) < 4.78 is 18.7. The van der Waals surface area contributed by atoms with E-state index in [1.165, 1.54) is 12.1 Å². The molecule has 0 heterocycles. The van der Waals surface area contributed by atoms with Crippen molar-refractivity contribution in [1.82, 2.24) is 5.32 Å². The topological polar surface area (TPSA) is 76.4 Å². The van der Waals surface area contributed by atoms with Gasteiger partial charge in [0.1, 0.15) is 11.4 Å².